The molecule has 2 rings (SSSR count). The van der Waals surface area contributed by atoms with Crippen LogP contribution in [0.15, 0.2) is 42.5 Å². The van der Waals surface area contributed by atoms with E-state index in [0.29, 0.717) is 17.7 Å². The van der Waals surface area contributed by atoms with Crippen LogP contribution in [0.4, 0.5) is 36.4 Å². The normalized spacial score (nSPS) is 11.8. The van der Waals surface area contributed by atoms with E-state index in [1.54, 1.807) is 5.32 Å². The molecule has 0 bridgehead atoms. The Bertz CT molecular complexity index is 858. The Morgan fingerprint density at radius 1 is 0.793 bits per heavy atom. The van der Waals surface area contributed by atoms with Crippen molar-refractivity contribution in [2.75, 3.05) is 11.9 Å². The first-order valence-electron chi connectivity index (χ1n) is 7.99. The maximum absolute atomic E-state index is 12.8. The van der Waals surface area contributed by atoms with Gasteiger partial charge in [0.1, 0.15) is 5.82 Å². The second-order valence-electron chi connectivity index (χ2n) is 5.88. The van der Waals surface area contributed by atoms with Crippen LogP contribution in [0.3, 0.4) is 0 Å². The molecule has 0 unspecified atom stereocenters. The van der Waals surface area contributed by atoms with Crippen LogP contribution in [-0.2, 0) is 28.4 Å². The molecule has 0 atom stereocenters. The minimum absolute atomic E-state index is 0.0612. The molecule has 4 nitrogen and oxygen atoms in total. The summed E-state index contributed by atoms with van der Waals surface area (Å²) in [6, 6.07) is 5.76. The number of hydrogen-bond donors (Lipinski definition) is 2. The van der Waals surface area contributed by atoms with Crippen molar-refractivity contribution in [2.24, 2.45) is 0 Å². The summed E-state index contributed by atoms with van der Waals surface area (Å²) in [5.74, 6) is -3.15. The van der Waals surface area contributed by atoms with Gasteiger partial charge in [0.05, 0.1) is 11.1 Å². The fourth-order valence-electron chi connectivity index (χ4n) is 2.27. The van der Waals surface area contributed by atoms with Crippen LogP contribution >= 0.6 is 0 Å². The van der Waals surface area contributed by atoms with Gasteiger partial charge in [-0.25, -0.2) is 4.39 Å². The van der Waals surface area contributed by atoms with E-state index in [9.17, 15) is 40.3 Å². The van der Waals surface area contributed by atoms with E-state index < -0.39 is 46.8 Å². The van der Waals surface area contributed by atoms with Crippen LogP contribution in [0.1, 0.15) is 16.7 Å². The summed E-state index contributed by atoms with van der Waals surface area (Å²) in [7, 11) is 0. The highest BCUT2D eigenvalue weighted by atomic mass is 19.4. The van der Waals surface area contributed by atoms with Crippen molar-refractivity contribution in [3.8, 4) is 0 Å². The number of anilines is 1. The van der Waals surface area contributed by atoms with Crippen LogP contribution < -0.4 is 10.6 Å². The molecule has 29 heavy (non-hydrogen) atoms. The van der Waals surface area contributed by atoms with Crippen LogP contribution in [0.2, 0.25) is 0 Å². The maximum Gasteiger partial charge on any atom is 0.416 e. The van der Waals surface area contributed by atoms with Gasteiger partial charge in [0, 0.05) is 12.2 Å². The van der Waals surface area contributed by atoms with E-state index in [0.717, 1.165) is 0 Å². The number of hydrogen-bond acceptors (Lipinski definition) is 2. The minimum Gasteiger partial charge on any atom is -0.347 e. The van der Waals surface area contributed by atoms with Crippen molar-refractivity contribution >= 4 is 17.5 Å². The number of halogens is 7. The van der Waals surface area contributed by atoms with Crippen molar-refractivity contribution in [1.82, 2.24) is 5.32 Å². The molecule has 0 fully saturated rings. The Balaban J connectivity index is 2.04. The summed E-state index contributed by atoms with van der Waals surface area (Å²) in [5.41, 5.74) is -3.44. The van der Waals surface area contributed by atoms with Gasteiger partial charge < -0.3 is 10.6 Å². The van der Waals surface area contributed by atoms with E-state index in [-0.39, 0.29) is 19.0 Å². The molecular formula is C18H13F7N2O2. The van der Waals surface area contributed by atoms with Crippen molar-refractivity contribution in [2.45, 2.75) is 18.8 Å². The zero-order valence-corrected chi connectivity index (χ0v) is 14.4. The molecule has 2 amide bonds. The Kier molecular flexibility index (Phi) is 6.50. The van der Waals surface area contributed by atoms with Crippen LogP contribution in [0.25, 0.3) is 0 Å². The highest BCUT2D eigenvalue weighted by molar-refractivity contribution is 6.39. The van der Waals surface area contributed by atoms with Gasteiger partial charge in [0.25, 0.3) is 0 Å². The topological polar surface area (TPSA) is 58.2 Å². The number of rotatable bonds is 4. The second-order valence-corrected chi connectivity index (χ2v) is 5.88. The average Bonchev–Trinajstić information content (AvgIpc) is 2.61. The number of benzene rings is 2. The smallest absolute Gasteiger partial charge is 0.347 e. The fourth-order valence-corrected chi connectivity index (χ4v) is 2.27. The molecule has 0 aliphatic rings. The molecule has 0 aliphatic carbocycles. The molecule has 2 aromatic rings. The highest BCUT2D eigenvalue weighted by Gasteiger charge is 2.37. The fraction of sp³-hybridized carbons (Fsp3) is 0.222. The zero-order valence-electron chi connectivity index (χ0n) is 14.4. The third-order valence-corrected chi connectivity index (χ3v) is 3.66. The van der Waals surface area contributed by atoms with E-state index in [1.165, 1.54) is 24.3 Å². The molecule has 2 N–H and O–H groups in total. The first-order chi connectivity index (χ1) is 13.4. The van der Waals surface area contributed by atoms with Gasteiger partial charge in [-0.3, -0.25) is 9.59 Å². The standard InChI is InChI=1S/C18H13F7N2O2/c19-13-3-1-10(2-4-13)5-6-26-15(28)16(29)27-14-8-11(17(20,21)22)7-12(9-14)18(23,24)25/h1-4,7-9H,5-6H2,(H,26,28)(H,27,29). The number of carbonyl (C=O) groups excluding carboxylic acids is 2. The summed E-state index contributed by atoms with van der Waals surface area (Å²) in [4.78, 5) is 23.5. The lowest BCUT2D eigenvalue weighted by Gasteiger charge is -2.14. The lowest BCUT2D eigenvalue weighted by Crippen LogP contribution is -2.36. The van der Waals surface area contributed by atoms with Crippen molar-refractivity contribution in [3.63, 3.8) is 0 Å². The summed E-state index contributed by atoms with van der Waals surface area (Å²) in [6.45, 7) is -0.0612. The van der Waals surface area contributed by atoms with Gasteiger partial charge in [-0.1, -0.05) is 12.1 Å². The molecule has 0 spiro atoms. The van der Waals surface area contributed by atoms with Crippen molar-refractivity contribution in [3.05, 3.63) is 65.0 Å². The number of nitrogens with one attached hydrogen (secondary N) is 2. The van der Waals surface area contributed by atoms with Gasteiger partial charge in [-0.15, -0.1) is 0 Å². The van der Waals surface area contributed by atoms with Crippen molar-refractivity contribution in [1.29, 1.82) is 0 Å². The van der Waals surface area contributed by atoms with Gasteiger partial charge in [0.2, 0.25) is 0 Å². The quantitative estimate of drug-likeness (QED) is 0.574. The van der Waals surface area contributed by atoms with E-state index >= 15 is 0 Å². The van der Waals surface area contributed by atoms with Crippen LogP contribution in [0, 0.1) is 5.82 Å². The van der Waals surface area contributed by atoms with Gasteiger partial charge in [-0.2, -0.15) is 26.3 Å². The molecule has 0 saturated heterocycles. The SMILES string of the molecule is O=C(NCCc1ccc(F)cc1)C(=O)Nc1cc(C(F)(F)F)cc(C(F)(F)F)c1. The lowest BCUT2D eigenvalue weighted by molar-refractivity contribution is -0.143. The van der Waals surface area contributed by atoms with E-state index in [2.05, 4.69) is 5.32 Å². The van der Waals surface area contributed by atoms with Crippen LogP contribution in [0.5, 0.6) is 0 Å². The lowest BCUT2D eigenvalue weighted by atomic mass is 10.1. The van der Waals surface area contributed by atoms with E-state index in [4.69, 9.17) is 0 Å². The largest absolute Gasteiger partial charge is 0.416 e. The number of carbonyl (C=O) groups is 2. The predicted octanol–water partition coefficient (Wildman–Crippen LogP) is 4.16. The molecule has 11 heteroatoms. The minimum atomic E-state index is -5.09. The predicted molar refractivity (Wildman–Crippen MR) is 88.2 cm³/mol. The van der Waals surface area contributed by atoms with Gasteiger partial charge in [-0.05, 0) is 42.3 Å². The Morgan fingerprint density at radius 2 is 1.31 bits per heavy atom. The van der Waals surface area contributed by atoms with E-state index in [1.807, 2.05) is 0 Å². The molecule has 156 valence electrons. The molecule has 0 radical (unpaired) electrons. The Hall–Kier alpha value is -3.11. The molecule has 0 aromatic heterocycles. The maximum atomic E-state index is 12.8. The second kappa shape index (κ2) is 8.50. The summed E-state index contributed by atoms with van der Waals surface area (Å²) < 4.78 is 89.6. The number of amides is 2. The molecule has 0 aliphatic heterocycles. The van der Waals surface area contributed by atoms with Gasteiger partial charge >= 0.3 is 24.2 Å². The summed E-state index contributed by atoms with van der Waals surface area (Å²) >= 11 is 0. The van der Waals surface area contributed by atoms with Crippen molar-refractivity contribution < 1.29 is 40.3 Å². The van der Waals surface area contributed by atoms with Gasteiger partial charge in [0.15, 0.2) is 0 Å². The summed E-state index contributed by atoms with van der Waals surface area (Å²) in [5, 5.41) is 3.89. The Morgan fingerprint density at radius 3 is 1.79 bits per heavy atom. The molecule has 0 saturated carbocycles. The molecule has 0 heterocycles. The average molecular weight is 422 g/mol. The third-order valence-electron chi connectivity index (χ3n) is 3.66. The number of alkyl halides is 6. The first-order valence-corrected chi connectivity index (χ1v) is 7.99. The summed E-state index contributed by atoms with van der Waals surface area (Å²) in [6.07, 6.45) is -9.95. The van der Waals surface area contributed by atoms with Crippen LogP contribution in [-0.4, -0.2) is 18.4 Å². The molecular weight excluding hydrogens is 409 g/mol. The first kappa shape index (κ1) is 22.2. The zero-order chi connectivity index (χ0) is 21.8. The third kappa shape index (κ3) is 6.47. The Labute approximate surface area is 159 Å². The highest BCUT2D eigenvalue weighted by Crippen LogP contribution is 2.37. The molecule has 2 aromatic carbocycles. The monoisotopic (exact) mass is 422 g/mol.